The molecule has 0 atom stereocenters. The van der Waals surface area contributed by atoms with Crippen molar-refractivity contribution in [2.45, 2.75) is 5.75 Å². The van der Waals surface area contributed by atoms with Crippen molar-refractivity contribution in [3.63, 3.8) is 0 Å². The molecule has 0 bridgehead atoms. The third kappa shape index (κ3) is 7.07. The number of amides is 1. The van der Waals surface area contributed by atoms with Gasteiger partial charge < -0.3 is 5.32 Å². The second-order valence-corrected chi connectivity index (χ2v) is 9.18. The predicted molar refractivity (Wildman–Crippen MR) is 110 cm³/mol. The third-order valence-electron chi connectivity index (χ3n) is 3.21. The van der Waals surface area contributed by atoms with Crippen LogP contribution >= 0.6 is 35.0 Å². The highest BCUT2D eigenvalue weighted by Gasteiger charge is 2.08. The topological polar surface area (TPSA) is 75.3 Å². The van der Waals surface area contributed by atoms with Gasteiger partial charge in [-0.15, -0.1) is 0 Å². The number of sulfonamides is 1. The Morgan fingerprint density at radius 2 is 1.88 bits per heavy atom. The standard InChI is InChI=1S/C17H18Cl2N2O3S2/c1-26(23,24)21-14-4-2-3-13(10-14)17(22)20-7-8-25-11-12-5-6-15(18)16(19)9-12/h2-6,9-10,21H,7-8,11H2,1H3,(H,20,22). The van der Waals surface area contributed by atoms with E-state index in [0.29, 0.717) is 27.8 Å². The van der Waals surface area contributed by atoms with E-state index >= 15 is 0 Å². The van der Waals surface area contributed by atoms with Crippen LogP contribution in [0.15, 0.2) is 42.5 Å². The van der Waals surface area contributed by atoms with Gasteiger partial charge in [0, 0.05) is 29.3 Å². The Bertz CT molecular complexity index is 889. The first kappa shape index (κ1) is 20.9. The van der Waals surface area contributed by atoms with E-state index in [4.69, 9.17) is 23.2 Å². The molecule has 2 N–H and O–H groups in total. The van der Waals surface area contributed by atoms with E-state index in [1.807, 2.05) is 12.1 Å². The maximum atomic E-state index is 12.1. The monoisotopic (exact) mass is 432 g/mol. The van der Waals surface area contributed by atoms with Crippen molar-refractivity contribution in [2.75, 3.05) is 23.3 Å². The molecule has 0 heterocycles. The van der Waals surface area contributed by atoms with E-state index in [2.05, 4.69) is 10.0 Å². The smallest absolute Gasteiger partial charge is 0.251 e. The second kappa shape index (κ2) is 9.50. The van der Waals surface area contributed by atoms with Crippen molar-refractivity contribution < 1.29 is 13.2 Å². The molecule has 2 rings (SSSR count). The van der Waals surface area contributed by atoms with Gasteiger partial charge in [0.2, 0.25) is 10.0 Å². The minimum Gasteiger partial charge on any atom is -0.351 e. The van der Waals surface area contributed by atoms with Crippen LogP contribution in [0.4, 0.5) is 5.69 Å². The summed E-state index contributed by atoms with van der Waals surface area (Å²) in [6, 6.07) is 11.9. The highest BCUT2D eigenvalue weighted by Crippen LogP contribution is 2.24. The summed E-state index contributed by atoms with van der Waals surface area (Å²) in [5.41, 5.74) is 1.82. The van der Waals surface area contributed by atoms with Crippen LogP contribution < -0.4 is 10.0 Å². The number of carbonyl (C=O) groups excluding carboxylic acids is 1. The molecule has 9 heteroatoms. The molecule has 26 heavy (non-hydrogen) atoms. The molecule has 0 fully saturated rings. The van der Waals surface area contributed by atoms with Gasteiger partial charge >= 0.3 is 0 Å². The third-order valence-corrected chi connectivity index (χ3v) is 5.59. The molecule has 0 spiro atoms. The Morgan fingerprint density at radius 3 is 2.58 bits per heavy atom. The first-order valence-electron chi connectivity index (χ1n) is 7.62. The van der Waals surface area contributed by atoms with Gasteiger partial charge in [0.25, 0.3) is 5.91 Å². The molecule has 0 aliphatic heterocycles. The Balaban J connectivity index is 1.78. The fraction of sp³-hybridized carbons (Fsp3) is 0.235. The summed E-state index contributed by atoms with van der Waals surface area (Å²) < 4.78 is 24.9. The molecule has 0 aliphatic rings. The van der Waals surface area contributed by atoms with Gasteiger partial charge in [-0.05, 0) is 35.9 Å². The fourth-order valence-electron chi connectivity index (χ4n) is 2.10. The lowest BCUT2D eigenvalue weighted by atomic mass is 10.2. The molecule has 0 aliphatic carbocycles. The quantitative estimate of drug-likeness (QED) is 0.617. The average molecular weight is 433 g/mol. The highest BCUT2D eigenvalue weighted by atomic mass is 35.5. The maximum absolute atomic E-state index is 12.1. The van der Waals surface area contributed by atoms with Gasteiger partial charge in [-0.1, -0.05) is 35.3 Å². The van der Waals surface area contributed by atoms with E-state index in [9.17, 15) is 13.2 Å². The van der Waals surface area contributed by atoms with Crippen LogP contribution in [0.25, 0.3) is 0 Å². The molecule has 2 aromatic carbocycles. The number of carbonyl (C=O) groups is 1. The van der Waals surface area contributed by atoms with Crippen LogP contribution in [0.1, 0.15) is 15.9 Å². The number of benzene rings is 2. The van der Waals surface area contributed by atoms with Gasteiger partial charge in [-0.25, -0.2) is 8.42 Å². The molecule has 0 aromatic heterocycles. The summed E-state index contributed by atoms with van der Waals surface area (Å²) in [5.74, 6) is 1.24. The van der Waals surface area contributed by atoms with Crippen LogP contribution in [0.3, 0.4) is 0 Å². The molecule has 5 nitrogen and oxygen atoms in total. The van der Waals surface area contributed by atoms with E-state index < -0.39 is 10.0 Å². The molecular formula is C17H18Cl2N2O3S2. The number of hydrogen-bond acceptors (Lipinski definition) is 4. The molecule has 140 valence electrons. The lowest BCUT2D eigenvalue weighted by molar-refractivity contribution is 0.0956. The van der Waals surface area contributed by atoms with E-state index in [-0.39, 0.29) is 5.91 Å². The van der Waals surface area contributed by atoms with Crippen LogP contribution in [0, 0.1) is 0 Å². The first-order chi connectivity index (χ1) is 12.2. The molecule has 1 amide bonds. The summed E-state index contributed by atoms with van der Waals surface area (Å²) in [7, 11) is -3.38. The van der Waals surface area contributed by atoms with Crippen LogP contribution in [-0.2, 0) is 15.8 Å². The lowest BCUT2D eigenvalue weighted by Crippen LogP contribution is -2.25. The normalized spacial score (nSPS) is 11.2. The van der Waals surface area contributed by atoms with Crippen LogP contribution in [-0.4, -0.2) is 32.9 Å². The summed E-state index contributed by atoms with van der Waals surface area (Å²) >= 11 is 13.5. The lowest BCUT2D eigenvalue weighted by Gasteiger charge is -2.08. The number of hydrogen-bond donors (Lipinski definition) is 2. The van der Waals surface area contributed by atoms with E-state index in [0.717, 1.165) is 23.3 Å². The zero-order valence-electron chi connectivity index (χ0n) is 14.0. The number of thioether (sulfide) groups is 1. The highest BCUT2D eigenvalue weighted by molar-refractivity contribution is 7.98. The van der Waals surface area contributed by atoms with Gasteiger partial charge in [-0.2, -0.15) is 11.8 Å². The summed E-state index contributed by atoms with van der Waals surface area (Å²) in [6.45, 7) is 0.495. The summed E-state index contributed by atoms with van der Waals surface area (Å²) in [5, 5.41) is 3.87. The Kier molecular flexibility index (Phi) is 7.64. The molecular weight excluding hydrogens is 415 g/mol. The number of anilines is 1. The van der Waals surface area contributed by atoms with E-state index in [1.54, 1.807) is 36.0 Å². The van der Waals surface area contributed by atoms with Gasteiger partial charge in [0.1, 0.15) is 0 Å². The Hall–Kier alpha value is -1.41. The van der Waals surface area contributed by atoms with Crippen molar-refractivity contribution in [3.05, 3.63) is 63.6 Å². The van der Waals surface area contributed by atoms with Crippen LogP contribution in [0.2, 0.25) is 10.0 Å². The Morgan fingerprint density at radius 1 is 1.12 bits per heavy atom. The zero-order valence-corrected chi connectivity index (χ0v) is 17.1. The molecule has 0 saturated carbocycles. The summed E-state index contributed by atoms with van der Waals surface area (Å²) in [4.78, 5) is 12.1. The maximum Gasteiger partial charge on any atom is 0.251 e. The largest absolute Gasteiger partial charge is 0.351 e. The van der Waals surface area contributed by atoms with Crippen LogP contribution in [0.5, 0.6) is 0 Å². The average Bonchev–Trinajstić information content (AvgIpc) is 2.56. The number of rotatable bonds is 8. The zero-order chi connectivity index (χ0) is 19.2. The number of nitrogens with one attached hydrogen (secondary N) is 2. The van der Waals surface area contributed by atoms with Crippen molar-refractivity contribution >= 4 is 56.6 Å². The predicted octanol–water partition coefficient (Wildman–Crippen LogP) is 4.03. The van der Waals surface area contributed by atoms with Crippen molar-refractivity contribution in [1.29, 1.82) is 0 Å². The summed E-state index contributed by atoms with van der Waals surface area (Å²) in [6.07, 6.45) is 1.06. The van der Waals surface area contributed by atoms with Gasteiger partial charge in [-0.3, -0.25) is 9.52 Å². The van der Waals surface area contributed by atoms with Gasteiger partial charge in [0.05, 0.1) is 16.3 Å². The van der Waals surface area contributed by atoms with Crippen molar-refractivity contribution in [2.24, 2.45) is 0 Å². The number of halogens is 2. The minimum absolute atomic E-state index is 0.253. The van der Waals surface area contributed by atoms with Gasteiger partial charge in [0.15, 0.2) is 0 Å². The molecule has 0 unspecified atom stereocenters. The minimum atomic E-state index is -3.38. The Labute approximate surface area is 167 Å². The first-order valence-corrected chi connectivity index (χ1v) is 11.4. The van der Waals surface area contributed by atoms with E-state index in [1.165, 1.54) is 6.07 Å². The molecule has 0 radical (unpaired) electrons. The molecule has 0 saturated heterocycles. The SMILES string of the molecule is CS(=O)(=O)Nc1cccc(C(=O)NCCSCc2ccc(Cl)c(Cl)c2)c1. The van der Waals surface area contributed by atoms with Crippen molar-refractivity contribution in [3.8, 4) is 0 Å². The second-order valence-electron chi connectivity index (χ2n) is 5.51. The van der Waals surface area contributed by atoms with Crippen molar-refractivity contribution in [1.82, 2.24) is 5.32 Å². The fourth-order valence-corrected chi connectivity index (χ4v) is 3.78. The molecule has 2 aromatic rings.